The molecule has 0 N–H and O–H groups in total. The van der Waals surface area contributed by atoms with Gasteiger partial charge in [0.15, 0.2) is 5.82 Å². The number of methoxy groups -OCH3 is 2. The second kappa shape index (κ2) is 8.96. The van der Waals surface area contributed by atoms with E-state index < -0.39 is 0 Å². The lowest BCUT2D eigenvalue weighted by Crippen LogP contribution is -1.93. The van der Waals surface area contributed by atoms with Crippen molar-refractivity contribution in [2.45, 2.75) is 0 Å². The molecule has 0 saturated heterocycles. The van der Waals surface area contributed by atoms with Crippen molar-refractivity contribution in [3.63, 3.8) is 0 Å². The van der Waals surface area contributed by atoms with Gasteiger partial charge >= 0.3 is 0 Å². The maximum absolute atomic E-state index is 5.27. The second-order valence-corrected chi connectivity index (χ2v) is 6.42. The molecule has 0 atom stereocenters. The zero-order valence-corrected chi connectivity index (χ0v) is 16.7. The lowest BCUT2D eigenvalue weighted by atomic mass is 10.1. The van der Waals surface area contributed by atoms with Gasteiger partial charge in [0.05, 0.1) is 26.1 Å². The van der Waals surface area contributed by atoms with Gasteiger partial charge in [-0.05, 0) is 48.5 Å². The highest BCUT2D eigenvalue weighted by Crippen LogP contribution is 2.32. The van der Waals surface area contributed by atoms with E-state index in [1.807, 2.05) is 78.9 Å². The monoisotopic (exact) mass is 396 g/mol. The van der Waals surface area contributed by atoms with E-state index in [1.165, 1.54) is 0 Å². The molecule has 30 heavy (non-hydrogen) atoms. The normalized spacial score (nSPS) is 10.9. The summed E-state index contributed by atoms with van der Waals surface area (Å²) in [5.41, 5.74) is 3.83. The van der Waals surface area contributed by atoms with E-state index >= 15 is 0 Å². The number of azo groups is 1. The minimum absolute atomic E-state index is 0.579. The first-order chi connectivity index (χ1) is 14.8. The Labute approximate surface area is 174 Å². The summed E-state index contributed by atoms with van der Waals surface area (Å²) >= 11 is 0. The first-order valence-electron chi connectivity index (χ1n) is 9.39. The van der Waals surface area contributed by atoms with Crippen LogP contribution < -0.4 is 9.47 Å². The van der Waals surface area contributed by atoms with E-state index in [4.69, 9.17) is 14.5 Å². The zero-order chi connectivity index (χ0) is 20.8. The van der Waals surface area contributed by atoms with Gasteiger partial charge in [-0.1, -0.05) is 30.3 Å². The summed E-state index contributed by atoms with van der Waals surface area (Å²) in [6.07, 6.45) is 1.70. The third-order valence-corrected chi connectivity index (χ3v) is 4.51. The topological polar surface area (TPSA) is 69.0 Å². The summed E-state index contributed by atoms with van der Waals surface area (Å²) < 4.78 is 10.4. The number of hydrogen-bond acceptors (Lipinski definition) is 6. The van der Waals surface area contributed by atoms with Crippen molar-refractivity contribution >= 4 is 11.4 Å². The fourth-order valence-corrected chi connectivity index (χ4v) is 2.90. The van der Waals surface area contributed by atoms with Crippen LogP contribution in [0.25, 0.3) is 22.6 Å². The van der Waals surface area contributed by atoms with Crippen LogP contribution in [0.15, 0.2) is 95.3 Å². The van der Waals surface area contributed by atoms with Crippen LogP contribution in [0.3, 0.4) is 0 Å². The van der Waals surface area contributed by atoms with Crippen molar-refractivity contribution in [3.8, 4) is 34.1 Å². The molecule has 1 aromatic heterocycles. The summed E-state index contributed by atoms with van der Waals surface area (Å²) in [5, 5.41) is 8.75. The molecular weight excluding hydrogens is 376 g/mol. The number of hydrogen-bond donors (Lipinski definition) is 0. The van der Waals surface area contributed by atoms with Crippen LogP contribution in [0.1, 0.15) is 0 Å². The molecule has 0 aliphatic carbocycles. The van der Waals surface area contributed by atoms with E-state index in [-0.39, 0.29) is 0 Å². The molecule has 0 amide bonds. The van der Waals surface area contributed by atoms with Crippen molar-refractivity contribution in [2.24, 2.45) is 10.2 Å². The summed E-state index contributed by atoms with van der Waals surface area (Å²) in [6, 6.07) is 24.9. The molecule has 3 aromatic carbocycles. The minimum atomic E-state index is 0.579. The second-order valence-electron chi connectivity index (χ2n) is 6.42. The molecule has 148 valence electrons. The molecule has 0 spiro atoms. The summed E-state index contributed by atoms with van der Waals surface area (Å²) in [5.74, 6) is 2.17. The minimum Gasteiger partial charge on any atom is -0.497 e. The van der Waals surface area contributed by atoms with Crippen molar-refractivity contribution in [1.29, 1.82) is 0 Å². The van der Waals surface area contributed by atoms with Crippen LogP contribution in [0.2, 0.25) is 0 Å². The van der Waals surface area contributed by atoms with Crippen molar-refractivity contribution in [2.75, 3.05) is 14.2 Å². The molecule has 6 heteroatoms. The standard InChI is InChI=1S/C24H20N4O2/c1-29-20-12-8-17(9-13-20)23-22(28-27-19-10-14-21(30-2)15-11-19)16-25-24(26-23)18-6-4-3-5-7-18/h3-16H,1-2H3. The van der Waals surface area contributed by atoms with E-state index in [1.54, 1.807) is 20.4 Å². The van der Waals surface area contributed by atoms with Gasteiger partial charge in [-0.3, -0.25) is 0 Å². The van der Waals surface area contributed by atoms with Gasteiger partial charge in [0, 0.05) is 11.1 Å². The molecule has 4 rings (SSSR count). The number of rotatable bonds is 6. The molecule has 0 aliphatic heterocycles. The summed E-state index contributed by atoms with van der Waals surface area (Å²) in [4.78, 5) is 9.28. The van der Waals surface area contributed by atoms with Gasteiger partial charge in [-0.15, -0.1) is 5.11 Å². The zero-order valence-electron chi connectivity index (χ0n) is 16.7. The van der Waals surface area contributed by atoms with Gasteiger partial charge in [0.1, 0.15) is 22.9 Å². The molecule has 0 fully saturated rings. The van der Waals surface area contributed by atoms with Crippen molar-refractivity contribution in [3.05, 3.63) is 85.1 Å². The van der Waals surface area contributed by atoms with Gasteiger partial charge < -0.3 is 9.47 Å². The number of benzene rings is 3. The Morgan fingerprint density at radius 3 is 1.93 bits per heavy atom. The van der Waals surface area contributed by atoms with E-state index in [9.17, 15) is 0 Å². The third-order valence-electron chi connectivity index (χ3n) is 4.51. The molecule has 6 nitrogen and oxygen atoms in total. The van der Waals surface area contributed by atoms with Crippen LogP contribution in [0, 0.1) is 0 Å². The van der Waals surface area contributed by atoms with Crippen LogP contribution in [0.5, 0.6) is 11.5 Å². The smallest absolute Gasteiger partial charge is 0.159 e. The average Bonchev–Trinajstić information content (AvgIpc) is 2.83. The summed E-state index contributed by atoms with van der Waals surface area (Å²) in [6.45, 7) is 0. The highest BCUT2D eigenvalue weighted by Gasteiger charge is 2.11. The fraction of sp³-hybridized carbons (Fsp3) is 0.0833. The first-order valence-corrected chi connectivity index (χ1v) is 9.39. The number of nitrogens with zero attached hydrogens (tertiary/aromatic N) is 4. The molecule has 0 aliphatic rings. The maximum atomic E-state index is 5.27. The molecule has 0 radical (unpaired) electrons. The Morgan fingerprint density at radius 1 is 0.667 bits per heavy atom. The fourth-order valence-electron chi connectivity index (χ4n) is 2.90. The van der Waals surface area contributed by atoms with Crippen molar-refractivity contribution in [1.82, 2.24) is 9.97 Å². The molecule has 0 saturated carbocycles. The lowest BCUT2D eigenvalue weighted by molar-refractivity contribution is 0.414. The average molecular weight is 396 g/mol. The van der Waals surface area contributed by atoms with Crippen LogP contribution in [-0.2, 0) is 0 Å². The first kappa shape index (κ1) is 19.3. The Hall–Kier alpha value is -4.06. The Balaban J connectivity index is 1.75. The Kier molecular flexibility index (Phi) is 5.75. The van der Waals surface area contributed by atoms with Gasteiger partial charge in [0.25, 0.3) is 0 Å². The van der Waals surface area contributed by atoms with Crippen molar-refractivity contribution < 1.29 is 9.47 Å². The van der Waals surface area contributed by atoms with Gasteiger partial charge in [0.2, 0.25) is 0 Å². The quantitative estimate of drug-likeness (QED) is 0.362. The Morgan fingerprint density at radius 2 is 1.30 bits per heavy atom. The highest BCUT2D eigenvalue weighted by atomic mass is 16.5. The van der Waals surface area contributed by atoms with E-state index in [0.717, 1.165) is 22.6 Å². The SMILES string of the molecule is COc1ccc(N=Nc2cnc(-c3ccccc3)nc2-c2ccc(OC)cc2)cc1. The number of aromatic nitrogens is 2. The Bertz CT molecular complexity index is 1140. The molecular formula is C24H20N4O2. The van der Waals surface area contributed by atoms with Crippen LogP contribution in [-0.4, -0.2) is 24.2 Å². The molecule has 0 bridgehead atoms. The van der Waals surface area contributed by atoms with Crippen LogP contribution >= 0.6 is 0 Å². The summed E-state index contributed by atoms with van der Waals surface area (Å²) in [7, 11) is 3.27. The van der Waals surface area contributed by atoms with Gasteiger partial charge in [-0.25, -0.2) is 9.97 Å². The molecule has 4 aromatic rings. The third kappa shape index (κ3) is 4.33. The van der Waals surface area contributed by atoms with E-state index in [2.05, 4.69) is 15.2 Å². The van der Waals surface area contributed by atoms with Crippen LogP contribution in [0.4, 0.5) is 11.4 Å². The maximum Gasteiger partial charge on any atom is 0.159 e. The largest absolute Gasteiger partial charge is 0.497 e. The molecule has 1 heterocycles. The predicted octanol–water partition coefficient (Wildman–Crippen LogP) is 6.24. The van der Waals surface area contributed by atoms with E-state index in [0.29, 0.717) is 22.9 Å². The number of ether oxygens (including phenoxy) is 2. The predicted molar refractivity (Wildman–Crippen MR) is 117 cm³/mol. The molecule has 0 unspecified atom stereocenters. The highest BCUT2D eigenvalue weighted by molar-refractivity contribution is 5.74. The lowest BCUT2D eigenvalue weighted by Gasteiger charge is -2.08. The van der Waals surface area contributed by atoms with Gasteiger partial charge in [-0.2, -0.15) is 5.11 Å².